The lowest BCUT2D eigenvalue weighted by Gasteiger charge is -2.32. The Labute approximate surface area is 123 Å². The Hall–Kier alpha value is -1.73. The quantitative estimate of drug-likeness (QED) is 0.790. The number of halogens is 1. The zero-order chi connectivity index (χ0) is 15.3. The smallest absolute Gasteiger partial charge is 0.399 e. The molecule has 0 bridgehead atoms. The number of hydrogen-bond acceptors (Lipinski definition) is 4. The zero-order valence-corrected chi connectivity index (χ0v) is 12.5. The number of aromatic nitrogens is 3. The van der Waals surface area contributed by atoms with Crippen LogP contribution in [0.25, 0.3) is 5.82 Å². The lowest BCUT2D eigenvalue weighted by atomic mass is 9.79. The average molecular weight is 289 g/mol. The van der Waals surface area contributed by atoms with E-state index in [4.69, 9.17) is 9.31 Å². The molecule has 7 heteroatoms. The molecule has 0 N–H and O–H groups in total. The Morgan fingerprint density at radius 1 is 1.19 bits per heavy atom. The maximum atomic E-state index is 14.1. The normalized spacial score (nSPS) is 20.0. The molecular weight excluding hydrogens is 272 g/mol. The molecule has 21 heavy (non-hydrogen) atoms. The summed E-state index contributed by atoms with van der Waals surface area (Å²) in [6.45, 7) is 7.73. The average Bonchev–Trinajstić information content (AvgIpc) is 2.97. The second kappa shape index (κ2) is 4.64. The van der Waals surface area contributed by atoms with E-state index in [2.05, 4.69) is 9.97 Å². The second-order valence-electron chi connectivity index (χ2n) is 6.12. The van der Waals surface area contributed by atoms with Gasteiger partial charge < -0.3 is 9.31 Å². The molecule has 0 saturated carbocycles. The number of nitrogens with zero attached hydrogens (tertiary/aromatic N) is 3. The van der Waals surface area contributed by atoms with Crippen LogP contribution in [-0.2, 0) is 9.31 Å². The van der Waals surface area contributed by atoms with E-state index in [9.17, 15) is 4.39 Å². The van der Waals surface area contributed by atoms with Gasteiger partial charge in [0, 0.05) is 17.9 Å². The summed E-state index contributed by atoms with van der Waals surface area (Å²) in [4.78, 5) is 8.02. The van der Waals surface area contributed by atoms with Crippen LogP contribution in [0.3, 0.4) is 0 Å². The Kier molecular flexibility index (Phi) is 3.14. The van der Waals surface area contributed by atoms with E-state index in [-0.39, 0.29) is 0 Å². The van der Waals surface area contributed by atoms with Crippen LogP contribution in [-0.4, -0.2) is 32.9 Å². The maximum absolute atomic E-state index is 14.1. The number of hydrogen-bond donors (Lipinski definition) is 0. The predicted molar refractivity (Wildman–Crippen MR) is 77.0 cm³/mol. The maximum Gasteiger partial charge on any atom is 0.498 e. The van der Waals surface area contributed by atoms with E-state index in [1.807, 2.05) is 27.7 Å². The Morgan fingerprint density at radius 3 is 2.43 bits per heavy atom. The molecule has 0 aliphatic carbocycles. The SMILES string of the molecule is CC1(C)OB(c2cc(-n3ccnc3)ncc2F)OC1(C)C. The van der Waals surface area contributed by atoms with Crippen molar-refractivity contribution in [3.8, 4) is 5.82 Å². The van der Waals surface area contributed by atoms with E-state index in [1.165, 1.54) is 6.20 Å². The van der Waals surface area contributed by atoms with Gasteiger partial charge in [0.1, 0.15) is 18.0 Å². The van der Waals surface area contributed by atoms with Crippen LogP contribution in [0.1, 0.15) is 27.7 Å². The third kappa shape index (κ3) is 2.36. The molecule has 5 nitrogen and oxygen atoms in total. The molecule has 1 aliphatic rings. The zero-order valence-electron chi connectivity index (χ0n) is 12.5. The molecule has 2 aromatic rings. The highest BCUT2D eigenvalue weighted by Gasteiger charge is 2.52. The lowest BCUT2D eigenvalue weighted by Crippen LogP contribution is -2.41. The van der Waals surface area contributed by atoms with Gasteiger partial charge in [-0.15, -0.1) is 0 Å². The third-order valence-electron chi connectivity index (χ3n) is 4.15. The van der Waals surface area contributed by atoms with Crippen molar-refractivity contribution in [1.29, 1.82) is 0 Å². The fourth-order valence-corrected chi connectivity index (χ4v) is 2.13. The highest BCUT2D eigenvalue weighted by molar-refractivity contribution is 6.62. The van der Waals surface area contributed by atoms with Gasteiger partial charge in [-0.05, 0) is 33.8 Å². The summed E-state index contributed by atoms with van der Waals surface area (Å²) < 4.78 is 27.6. The molecule has 0 unspecified atom stereocenters. The van der Waals surface area contributed by atoms with Gasteiger partial charge in [0.25, 0.3) is 0 Å². The van der Waals surface area contributed by atoms with Crippen molar-refractivity contribution in [3.05, 3.63) is 36.8 Å². The lowest BCUT2D eigenvalue weighted by molar-refractivity contribution is 0.00578. The van der Waals surface area contributed by atoms with Crippen LogP contribution in [0.15, 0.2) is 31.0 Å². The van der Waals surface area contributed by atoms with Crippen molar-refractivity contribution in [2.75, 3.05) is 0 Å². The minimum absolute atomic E-state index is 0.340. The van der Waals surface area contributed by atoms with Crippen LogP contribution in [0.5, 0.6) is 0 Å². The molecule has 1 fully saturated rings. The largest absolute Gasteiger partial charge is 0.498 e. The molecule has 0 spiro atoms. The third-order valence-corrected chi connectivity index (χ3v) is 4.15. The number of rotatable bonds is 2. The summed E-state index contributed by atoms with van der Waals surface area (Å²) in [5.74, 6) is 0.121. The molecule has 1 saturated heterocycles. The van der Waals surface area contributed by atoms with E-state index < -0.39 is 24.1 Å². The van der Waals surface area contributed by atoms with Gasteiger partial charge in [0.2, 0.25) is 0 Å². The van der Waals surface area contributed by atoms with Crippen molar-refractivity contribution in [3.63, 3.8) is 0 Å². The summed E-state index contributed by atoms with van der Waals surface area (Å²) in [7, 11) is -0.750. The molecular formula is C14H17BFN3O2. The van der Waals surface area contributed by atoms with Gasteiger partial charge in [-0.2, -0.15) is 0 Å². The Bertz CT molecular complexity index is 642. The first-order chi connectivity index (χ1) is 9.80. The van der Waals surface area contributed by atoms with E-state index >= 15 is 0 Å². The number of pyridine rings is 1. The van der Waals surface area contributed by atoms with Crippen LogP contribution >= 0.6 is 0 Å². The fraction of sp³-hybridized carbons (Fsp3) is 0.429. The van der Waals surface area contributed by atoms with E-state index in [0.717, 1.165) is 0 Å². The van der Waals surface area contributed by atoms with Crippen molar-refractivity contribution in [1.82, 2.24) is 14.5 Å². The molecule has 2 aromatic heterocycles. The molecule has 110 valence electrons. The van der Waals surface area contributed by atoms with Crippen molar-refractivity contribution >= 4 is 12.6 Å². The summed E-state index contributed by atoms with van der Waals surface area (Å²) in [5, 5.41) is 0. The fourth-order valence-electron chi connectivity index (χ4n) is 2.13. The first-order valence-corrected chi connectivity index (χ1v) is 6.79. The first-order valence-electron chi connectivity index (χ1n) is 6.79. The van der Waals surface area contributed by atoms with E-state index in [1.54, 1.807) is 29.4 Å². The summed E-state index contributed by atoms with van der Waals surface area (Å²) >= 11 is 0. The monoisotopic (exact) mass is 289 g/mol. The Balaban J connectivity index is 1.98. The molecule has 0 radical (unpaired) electrons. The summed E-state index contributed by atoms with van der Waals surface area (Å²) in [6.07, 6.45) is 6.16. The van der Waals surface area contributed by atoms with Gasteiger partial charge in [0.15, 0.2) is 0 Å². The second-order valence-corrected chi connectivity index (χ2v) is 6.12. The van der Waals surface area contributed by atoms with Crippen LogP contribution in [0, 0.1) is 5.82 Å². The van der Waals surface area contributed by atoms with Crippen LogP contribution in [0.2, 0.25) is 0 Å². The van der Waals surface area contributed by atoms with Gasteiger partial charge in [0.05, 0.1) is 17.4 Å². The molecule has 1 aliphatic heterocycles. The predicted octanol–water partition coefficient (Wildman–Crippen LogP) is 1.71. The topological polar surface area (TPSA) is 49.2 Å². The first kappa shape index (κ1) is 14.2. The molecule has 0 aromatic carbocycles. The van der Waals surface area contributed by atoms with Crippen molar-refractivity contribution in [2.24, 2.45) is 0 Å². The molecule has 3 heterocycles. The van der Waals surface area contributed by atoms with Gasteiger partial charge in [-0.25, -0.2) is 14.4 Å². The van der Waals surface area contributed by atoms with Crippen LogP contribution < -0.4 is 5.46 Å². The molecule has 3 rings (SSSR count). The standard InChI is InChI=1S/C14H17BFN3O2/c1-13(2)14(3,4)21-15(20-13)10-7-12(18-8-11(10)16)19-6-5-17-9-19/h5-9H,1-4H3. The summed E-state index contributed by atoms with van der Waals surface area (Å²) in [6, 6.07) is 1.62. The number of imidazole rings is 1. The highest BCUT2D eigenvalue weighted by Crippen LogP contribution is 2.36. The van der Waals surface area contributed by atoms with Crippen molar-refractivity contribution < 1.29 is 13.7 Å². The summed E-state index contributed by atoms with van der Waals surface area (Å²) in [5.41, 5.74) is -0.683. The minimum atomic E-state index is -0.750. The van der Waals surface area contributed by atoms with Crippen LogP contribution in [0.4, 0.5) is 4.39 Å². The van der Waals surface area contributed by atoms with Gasteiger partial charge >= 0.3 is 7.12 Å². The van der Waals surface area contributed by atoms with Crippen molar-refractivity contribution in [2.45, 2.75) is 38.9 Å². The highest BCUT2D eigenvalue weighted by atomic mass is 19.1. The minimum Gasteiger partial charge on any atom is -0.399 e. The van der Waals surface area contributed by atoms with Gasteiger partial charge in [-0.3, -0.25) is 4.57 Å². The van der Waals surface area contributed by atoms with Gasteiger partial charge in [-0.1, -0.05) is 0 Å². The molecule has 0 amide bonds. The van der Waals surface area contributed by atoms with E-state index in [0.29, 0.717) is 11.3 Å². The Morgan fingerprint density at radius 2 is 1.86 bits per heavy atom. The molecule has 0 atom stereocenters.